The topological polar surface area (TPSA) is 67.6 Å². The average Bonchev–Trinajstić information content (AvgIpc) is 2.73. The van der Waals surface area contributed by atoms with Crippen LogP contribution in [0.1, 0.15) is 22.6 Å². The van der Waals surface area contributed by atoms with Crippen LogP contribution < -0.4 is 5.73 Å². The molecule has 1 atom stereocenters. The number of nitriles is 1. The molecule has 0 aliphatic heterocycles. The van der Waals surface area contributed by atoms with Gasteiger partial charge < -0.3 is 5.73 Å². The number of alkyl halides is 3. The summed E-state index contributed by atoms with van der Waals surface area (Å²) in [6.07, 6.45) is -5.12. The second kappa shape index (κ2) is 5.41. The largest absolute Gasteiger partial charge is 0.410 e. The van der Waals surface area contributed by atoms with E-state index in [1.165, 1.54) is 12.1 Å². The van der Waals surface area contributed by atoms with Gasteiger partial charge in [0.1, 0.15) is 29.2 Å². The standard InChI is InChI=1S/C13H10BrF3N4/c1-7(13(15,16)17)21-12(19)10(6-18)11(20-21)8-2-4-9(14)5-3-8/h2-5,7H,19H2,1H3/i1D3. The van der Waals surface area contributed by atoms with Crippen LogP contribution in [0.5, 0.6) is 0 Å². The lowest BCUT2D eigenvalue weighted by molar-refractivity contribution is -0.164. The van der Waals surface area contributed by atoms with Crippen molar-refractivity contribution in [2.24, 2.45) is 0 Å². The van der Waals surface area contributed by atoms with E-state index in [0.717, 1.165) is 0 Å². The second-order valence-electron chi connectivity index (χ2n) is 4.12. The van der Waals surface area contributed by atoms with Crippen LogP contribution in [-0.4, -0.2) is 16.0 Å². The molecule has 0 bridgehead atoms. The Morgan fingerprint density at radius 3 is 2.52 bits per heavy atom. The maximum absolute atomic E-state index is 13.2. The van der Waals surface area contributed by atoms with Crippen molar-refractivity contribution in [2.45, 2.75) is 19.1 Å². The number of benzene rings is 1. The van der Waals surface area contributed by atoms with Crippen LogP contribution in [0, 0.1) is 11.3 Å². The third-order valence-electron chi connectivity index (χ3n) is 2.73. The van der Waals surface area contributed by atoms with E-state index >= 15 is 0 Å². The van der Waals surface area contributed by atoms with Crippen molar-refractivity contribution in [3.8, 4) is 17.3 Å². The molecule has 1 aromatic heterocycles. The molecule has 0 saturated heterocycles. The SMILES string of the molecule is [2H]C([2H])([2H])C(n1nc(-c2ccc(Br)cc2)c(C#N)c1N)C(F)(F)F. The van der Waals surface area contributed by atoms with Crippen LogP contribution in [0.25, 0.3) is 11.3 Å². The lowest BCUT2D eigenvalue weighted by atomic mass is 10.1. The number of nitrogen functional groups attached to an aromatic ring is 1. The van der Waals surface area contributed by atoms with Crippen molar-refractivity contribution in [3.63, 3.8) is 0 Å². The Kier molecular flexibility index (Phi) is 2.99. The molecule has 1 aromatic carbocycles. The molecular weight excluding hydrogens is 349 g/mol. The molecule has 0 fully saturated rings. The quantitative estimate of drug-likeness (QED) is 0.881. The molecule has 1 unspecified atom stereocenters. The van der Waals surface area contributed by atoms with Crippen molar-refractivity contribution in [3.05, 3.63) is 34.3 Å². The molecular formula is C13H10BrF3N4. The molecule has 0 aliphatic rings. The summed E-state index contributed by atoms with van der Waals surface area (Å²) in [6, 6.07) is 5.00. The van der Waals surface area contributed by atoms with E-state index in [1.54, 1.807) is 18.2 Å². The van der Waals surface area contributed by atoms with Gasteiger partial charge in [0, 0.05) is 14.1 Å². The minimum absolute atomic E-state index is 0.110. The first kappa shape index (κ1) is 11.6. The third-order valence-corrected chi connectivity index (χ3v) is 3.26. The molecule has 8 heteroatoms. The number of hydrogen-bond donors (Lipinski definition) is 1. The Morgan fingerprint density at radius 1 is 1.43 bits per heavy atom. The highest BCUT2D eigenvalue weighted by molar-refractivity contribution is 9.10. The highest BCUT2D eigenvalue weighted by Gasteiger charge is 2.40. The van der Waals surface area contributed by atoms with Gasteiger partial charge in [-0.15, -0.1) is 0 Å². The first-order valence-electron chi connectivity index (χ1n) is 7.07. The summed E-state index contributed by atoms with van der Waals surface area (Å²) in [5.74, 6) is -0.645. The summed E-state index contributed by atoms with van der Waals surface area (Å²) in [5, 5.41) is 12.9. The van der Waals surface area contributed by atoms with Crippen molar-refractivity contribution >= 4 is 21.7 Å². The van der Waals surface area contributed by atoms with Crippen LogP contribution in [0.15, 0.2) is 28.7 Å². The molecule has 0 aliphatic carbocycles. The van der Waals surface area contributed by atoms with Gasteiger partial charge in [0.2, 0.25) is 0 Å². The molecule has 1 heterocycles. The van der Waals surface area contributed by atoms with Crippen molar-refractivity contribution < 1.29 is 17.3 Å². The summed E-state index contributed by atoms with van der Waals surface area (Å²) in [7, 11) is 0. The number of nitrogens with two attached hydrogens (primary N) is 1. The summed E-state index contributed by atoms with van der Waals surface area (Å²) < 4.78 is 62.0. The van der Waals surface area contributed by atoms with Gasteiger partial charge in [-0.1, -0.05) is 28.1 Å². The van der Waals surface area contributed by atoms with Gasteiger partial charge in [0.15, 0.2) is 0 Å². The van der Waals surface area contributed by atoms with E-state index in [-0.39, 0.29) is 15.9 Å². The Hall–Kier alpha value is -2.01. The molecule has 0 radical (unpaired) electrons. The molecule has 2 rings (SSSR count). The second-order valence-corrected chi connectivity index (χ2v) is 5.03. The van der Waals surface area contributed by atoms with Gasteiger partial charge in [-0.3, -0.25) is 0 Å². The third kappa shape index (κ3) is 2.88. The molecule has 0 saturated carbocycles. The minimum Gasteiger partial charge on any atom is -0.383 e. The summed E-state index contributed by atoms with van der Waals surface area (Å²) >= 11 is 3.21. The predicted molar refractivity (Wildman–Crippen MR) is 75.3 cm³/mol. The molecule has 2 N–H and O–H groups in total. The highest BCUT2D eigenvalue weighted by atomic mass is 79.9. The maximum Gasteiger partial charge on any atom is 0.410 e. The number of nitrogens with zero attached hydrogens (tertiary/aromatic N) is 3. The van der Waals surface area contributed by atoms with Gasteiger partial charge in [0.25, 0.3) is 0 Å². The minimum atomic E-state index is -5.12. The van der Waals surface area contributed by atoms with Gasteiger partial charge >= 0.3 is 6.18 Å². The van der Waals surface area contributed by atoms with Crippen LogP contribution in [0.2, 0.25) is 0 Å². The summed E-state index contributed by atoms with van der Waals surface area (Å²) in [4.78, 5) is 0. The fourth-order valence-electron chi connectivity index (χ4n) is 1.70. The fraction of sp³-hybridized carbons (Fsp3) is 0.231. The fourth-order valence-corrected chi connectivity index (χ4v) is 1.97. The summed E-state index contributed by atoms with van der Waals surface area (Å²) in [5.41, 5.74) is 5.51. The van der Waals surface area contributed by atoms with Crippen LogP contribution in [0.4, 0.5) is 19.0 Å². The Bertz CT molecular complexity index is 777. The van der Waals surface area contributed by atoms with Crippen molar-refractivity contribution in [1.82, 2.24) is 9.78 Å². The molecule has 0 spiro atoms. The Labute approximate surface area is 131 Å². The van der Waals surface area contributed by atoms with Crippen molar-refractivity contribution in [1.29, 1.82) is 5.26 Å². The zero-order chi connectivity index (χ0) is 18.3. The van der Waals surface area contributed by atoms with E-state index < -0.39 is 24.9 Å². The molecule has 4 nitrogen and oxygen atoms in total. The molecule has 2 aromatic rings. The maximum atomic E-state index is 13.2. The van der Waals surface area contributed by atoms with E-state index in [1.807, 2.05) is 0 Å². The monoisotopic (exact) mass is 361 g/mol. The number of aromatic nitrogens is 2. The van der Waals surface area contributed by atoms with Gasteiger partial charge in [-0.2, -0.15) is 23.5 Å². The van der Waals surface area contributed by atoms with Crippen molar-refractivity contribution in [2.75, 3.05) is 5.73 Å². The average molecular weight is 362 g/mol. The zero-order valence-electron chi connectivity index (χ0n) is 13.3. The lowest BCUT2D eigenvalue weighted by Gasteiger charge is -2.16. The zero-order valence-corrected chi connectivity index (χ0v) is 11.9. The molecule has 110 valence electrons. The molecule has 21 heavy (non-hydrogen) atoms. The normalized spacial score (nSPS) is 15.7. The van der Waals surface area contributed by atoms with Gasteiger partial charge in [-0.05, 0) is 19.0 Å². The first-order valence-corrected chi connectivity index (χ1v) is 6.37. The van der Waals surface area contributed by atoms with E-state index in [4.69, 9.17) is 9.85 Å². The highest BCUT2D eigenvalue weighted by Crippen LogP contribution is 2.35. The first-order chi connectivity index (χ1) is 11.0. The van der Waals surface area contributed by atoms with Crippen LogP contribution in [0.3, 0.4) is 0 Å². The van der Waals surface area contributed by atoms with E-state index in [0.29, 0.717) is 10.0 Å². The van der Waals surface area contributed by atoms with Gasteiger partial charge in [0.05, 0.1) is 0 Å². The lowest BCUT2D eigenvalue weighted by Crippen LogP contribution is -2.25. The predicted octanol–water partition coefficient (Wildman–Crippen LogP) is 3.89. The van der Waals surface area contributed by atoms with Crippen LogP contribution in [-0.2, 0) is 0 Å². The number of hydrogen-bond acceptors (Lipinski definition) is 3. The van der Waals surface area contributed by atoms with Gasteiger partial charge in [-0.25, -0.2) is 4.68 Å². The smallest absolute Gasteiger partial charge is 0.383 e. The number of anilines is 1. The number of rotatable bonds is 2. The number of halogens is 4. The van der Waals surface area contributed by atoms with E-state index in [2.05, 4.69) is 21.0 Å². The molecule has 0 amide bonds. The Balaban J connectivity index is 2.69. The summed E-state index contributed by atoms with van der Waals surface area (Å²) in [6.45, 7) is -3.43. The van der Waals surface area contributed by atoms with E-state index in [9.17, 15) is 18.4 Å². The Morgan fingerprint density at radius 2 is 2.05 bits per heavy atom. The van der Waals surface area contributed by atoms with Crippen LogP contribution >= 0.6 is 15.9 Å².